The molecule has 126 valence electrons. The number of amides is 2. The lowest BCUT2D eigenvalue weighted by atomic mass is 10.0. The van der Waals surface area contributed by atoms with Gasteiger partial charge < -0.3 is 10.6 Å². The topological polar surface area (TPSA) is 71.1 Å². The van der Waals surface area contributed by atoms with Crippen LogP contribution in [-0.4, -0.2) is 22.8 Å². The molecular formula is C19H23N3O2. The molecule has 24 heavy (non-hydrogen) atoms. The number of nitrogens with one attached hydrogen (secondary N) is 2. The van der Waals surface area contributed by atoms with Crippen molar-refractivity contribution in [3.63, 3.8) is 0 Å². The summed E-state index contributed by atoms with van der Waals surface area (Å²) in [6.07, 6.45) is 2.90. The van der Waals surface area contributed by atoms with Gasteiger partial charge in [0.15, 0.2) is 0 Å². The number of hydrogen-bond acceptors (Lipinski definition) is 3. The van der Waals surface area contributed by atoms with E-state index in [2.05, 4.69) is 29.5 Å². The lowest BCUT2D eigenvalue weighted by Gasteiger charge is -2.10. The second-order valence-electron chi connectivity index (χ2n) is 6.32. The second kappa shape index (κ2) is 7.73. The molecule has 1 aromatic heterocycles. The van der Waals surface area contributed by atoms with Gasteiger partial charge in [0, 0.05) is 24.1 Å². The molecule has 0 radical (unpaired) electrons. The van der Waals surface area contributed by atoms with Gasteiger partial charge in [-0.05, 0) is 43.5 Å². The summed E-state index contributed by atoms with van der Waals surface area (Å²) in [5.41, 5.74) is 2.63. The van der Waals surface area contributed by atoms with Crippen molar-refractivity contribution in [1.29, 1.82) is 0 Å². The number of nitrogens with zero attached hydrogens (tertiary/aromatic N) is 1. The fraction of sp³-hybridized carbons (Fsp3) is 0.316. The molecule has 0 fully saturated rings. The van der Waals surface area contributed by atoms with Crippen LogP contribution in [0.3, 0.4) is 0 Å². The molecule has 5 nitrogen and oxygen atoms in total. The number of benzene rings is 1. The van der Waals surface area contributed by atoms with Gasteiger partial charge in [-0.1, -0.05) is 26.0 Å². The van der Waals surface area contributed by atoms with Gasteiger partial charge >= 0.3 is 0 Å². The first-order valence-electron chi connectivity index (χ1n) is 8.04. The van der Waals surface area contributed by atoms with Crippen LogP contribution in [0, 0.1) is 0 Å². The van der Waals surface area contributed by atoms with Crippen LogP contribution in [0.15, 0.2) is 42.7 Å². The van der Waals surface area contributed by atoms with E-state index in [0.29, 0.717) is 22.7 Å². The largest absolute Gasteiger partial charge is 0.350 e. The minimum absolute atomic E-state index is 0.0226. The fourth-order valence-corrected chi connectivity index (χ4v) is 2.19. The summed E-state index contributed by atoms with van der Waals surface area (Å²) >= 11 is 0. The molecule has 0 bridgehead atoms. The van der Waals surface area contributed by atoms with Gasteiger partial charge in [-0.25, -0.2) is 0 Å². The number of carbonyl (C=O) groups excluding carboxylic acids is 2. The average molecular weight is 325 g/mol. The van der Waals surface area contributed by atoms with Crippen molar-refractivity contribution in [1.82, 2.24) is 10.3 Å². The maximum Gasteiger partial charge on any atom is 0.257 e. The standard InChI is InChI=1S/C19H23N3O2/c1-12(2)14-5-7-17(8-6-14)22-19(24)16-9-15(10-20-11-16)18(23)21-13(3)4/h5-13H,1-4H3,(H,21,23)(H,22,24). The first-order chi connectivity index (χ1) is 11.4. The number of pyridine rings is 1. The van der Waals surface area contributed by atoms with E-state index < -0.39 is 0 Å². The highest BCUT2D eigenvalue weighted by Gasteiger charge is 2.12. The zero-order valence-electron chi connectivity index (χ0n) is 14.5. The van der Waals surface area contributed by atoms with Crippen molar-refractivity contribution in [3.05, 3.63) is 59.4 Å². The monoisotopic (exact) mass is 325 g/mol. The van der Waals surface area contributed by atoms with Gasteiger partial charge in [0.25, 0.3) is 11.8 Å². The van der Waals surface area contributed by atoms with Crippen LogP contribution < -0.4 is 10.6 Å². The first kappa shape index (κ1) is 17.7. The van der Waals surface area contributed by atoms with Crippen LogP contribution in [-0.2, 0) is 0 Å². The summed E-state index contributed by atoms with van der Waals surface area (Å²) in [4.78, 5) is 28.3. The van der Waals surface area contributed by atoms with Gasteiger partial charge in [-0.2, -0.15) is 0 Å². The van der Waals surface area contributed by atoms with Crippen LogP contribution in [0.2, 0.25) is 0 Å². The molecule has 0 unspecified atom stereocenters. The molecule has 2 rings (SSSR count). The van der Waals surface area contributed by atoms with E-state index in [0.717, 1.165) is 0 Å². The molecule has 0 aliphatic rings. The van der Waals surface area contributed by atoms with E-state index in [9.17, 15) is 9.59 Å². The minimum Gasteiger partial charge on any atom is -0.350 e. The molecule has 0 aliphatic heterocycles. The smallest absolute Gasteiger partial charge is 0.257 e. The Labute approximate surface area is 142 Å². The van der Waals surface area contributed by atoms with Crippen molar-refractivity contribution in [2.45, 2.75) is 39.7 Å². The Morgan fingerprint density at radius 3 is 2.04 bits per heavy atom. The summed E-state index contributed by atoms with van der Waals surface area (Å²) in [6.45, 7) is 7.99. The third-order valence-electron chi connectivity index (χ3n) is 3.52. The van der Waals surface area contributed by atoms with Crippen LogP contribution in [0.1, 0.15) is 59.9 Å². The number of rotatable bonds is 5. The van der Waals surface area contributed by atoms with Crippen molar-refractivity contribution in [2.24, 2.45) is 0 Å². The Hall–Kier alpha value is -2.69. The van der Waals surface area contributed by atoms with Crippen molar-refractivity contribution in [3.8, 4) is 0 Å². The lowest BCUT2D eigenvalue weighted by Crippen LogP contribution is -2.30. The van der Waals surface area contributed by atoms with Crippen molar-refractivity contribution >= 4 is 17.5 Å². The van der Waals surface area contributed by atoms with E-state index in [1.807, 2.05) is 38.1 Å². The Morgan fingerprint density at radius 2 is 1.50 bits per heavy atom. The normalized spacial score (nSPS) is 10.8. The molecule has 1 heterocycles. The Kier molecular flexibility index (Phi) is 5.68. The molecule has 1 aromatic carbocycles. The molecule has 0 atom stereocenters. The van der Waals surface area contributed by atoms with E-state index in [4.69, 9.17) is 0 Å². The maximum absolute atomic E-state index is 12.3. The summed E-state index contributed by atoms with van der Waals surface area (Å²) < 4.78 is 0. The van der Waals surface area contributed by atoms with Crippen LogP contribution in [0.25, 0.3) is 0 Å². The van der Waals surface area contributed by atoms with Gasteiger partial charge in [-0.3, -0.25) is 14.6 Å². The van der Waals surface area contributed by atoms with Crippen LogP contribution >= 0.6 is 0 Å². The molecule has 2 amide bonds. The Bertz CT molecular complexity index is 722. The van der Waals surface area contributed by atoms with Crippen LogP contribution in [0.4, 0.5) is 5.69 Å². The number of aromatic nitrogens is 1. The highest BCUT2D eigenvalue weighted by atomic mass is 16.2. The highest BCUT2D eigenvalue weighted by Crippen LogP contribution is 2.17. The highest BCUT2D eigenvalue weighted by molar-refractivity contribution is 6.05. The molecule has 0 spiro atoms. The fourth-order valence-electron chi connectivity index (χ4n) is 2.19. The van der Waals surface area contributed by atoms with E-state index in [1.54, 1.807) is 6.07 Å². The molecule has 5 heteroatoms. The van der Waals surface area contributed by atoms with Crippen molar-refractivity contribution in [2.75, 3.05) is 5.32 Å². The average Bonchev–Trinajstić information content (AvgIpc) is 2.54. The van der Waals surface area contributed by atoms with Crippen molar-refractivity contribution < 1.29 is 9.59 Å². The first-order valence-corrected chi connectivity index (χ1v) is 8.04. The van der Waals surface area contributed by atoms with Crippen LogP contribution in [0.5, 0.6) is 0 Å². The molecule has 0 saturated carbocycles. The quantitative estimate of drug-likeness (QED) is 0.882. The van der Waals surface area contributed by atoms with E-state index in [1.165, 1.54) is 18.0 Å². The van der Waals surface area contributed by atoms with Gasteiger partial charge in [-0.15, -0.1) is 0 Å². The molecule has 0 aliphatic carbocycles. The third kappa shape index (κ3) is 4.65. The number of hydrogen-bond donors (Lipinski definition) is 2. The Balaban J connectivity index is 2.11. The predicted octanol–water partition coefficient (Wildman–Crippen LogP) is 3.60. The predicted molar refractivity (Wildman–Crippen MR) is 95.3 cm³/mol. The van der Waals surface area contributed by atoms with Gasteiger partial charge in [0.05, 0.1) is 11.1 Å². The molecule has 2 aromatic rings. The Morgan fingerprint density at radius 1 is 0.917 bits per heavy atom. The zero-order chi connectivity index (χ0) is 17.7. The second-order valence-corrected chi connectivity index (χ2v) is 6.32. The number of anilines is 1. The molecule has 0 saturated heterocycles. The lowest BCUT2D eigenvalue weighted by molar-refractivity contribution is 0.0942. The summed E-state index contributed by atoms with van der Waals surface area (Å²) in [5, 5.41) is 5.60. The zero-order valence-corrected chi connectivity index (χ0v) is 14.5. The summed E-state index contributed by atoms with van der Waals surface area (Å²) in [7, 11) is 0. The summed E-state index contributed by atoms with van der Waals surface area (Å²) in [5.74, 6) is -0.0949. The molecular weight excluding hydrogens is 302 g/mol. The third-order valence-corrected chi connectivity index (χ3v) is 3.52. The summed E-state index contributed by atoms with van der Waals surface area (Å²) in [6, 6.07) is 9.29. The number of carbonyl (C=O) groups is 2. The SMILES string of the molecule is CC(C)NC(=O)c1cncc(C(=O)Nc2ccc(C(C)C)cc2)c1. The maximum atomic E-state index is 12.3. The van der Waals surface area contributed by atoms with Gasteiger partial charge in [0.1, 0.15) is 0 Å². The van der Waals surface area contributed by atoms with E-state index in [-0.39, 0.29) is 17.9 Å². The van der Waals surface area contributed by atoms with Gasteiger partial charge in [0.2, 0.25) is 0 Å². The van der Waals surface area contributed by atoms with E-state index >= 15 is 0 Å². The minimum atomic E-state index is -0.293. The molecule has 2 N–H and O–H groups in total.